The fraction of sp³-hybridized carbons (Fsp3) is 0.500. The van der Waals surface area contributed by atoms with E-state index in [1.807, 2.05) is 0 Å². The third kappa shape index (κ3) is 5.02. The quantitative estimate of drug-likeness (QED) is 0.592. The smallest absolute Gasteiger partial charge is 0.209 e. The van der Waals surface area contributed by atoms with Crippen molar-refractivity contribution in [1.29, 1.82) is 0 Å². The van der Waals surface area contributed by atoms with Crippen molar-refractivity contribution in [3.63, 3.8) is 0 Å². The molecule has 6 nitrogen and oxygen atoms in total. The molecule has 0 aliphatic carbocycles. The normalized spacial score (nSPS) is 10.8. The van der Waals surface area contributed by atoms with Crippen LogP contribution in [0.1, 0.15) is 17.5 Å². The van der Waals surface area contributed by atoms with E-state index in [0.717, 1.165) is 23.1 Å². The van der Waals surface area contributed by atoms with Gasteiger partial charge in [0.2, 0.25) is 5.16 Å². The van der Waals surface area contributed by atoms with Crippen LogP contribution in [0.3, 0.4) is 0 Å². The molecule has 21 heavy (non-hydrogen) atoms. The number of hydrogen-bond donors (Lipinski definition) is 1. The average Bonchev–Trinajstić information content (AvgIpc) is 2.85. The molecular formula is C14H21N5OS. The molecule has 0 aliphatic rings. The lowest BCUT2D eigenvalue weighted by Gasteiger charge is -2.08. The van der Waals surface area contributed by atoms with Crippen LogP contribution < -0.4 is 10.5 Å². The minimum Gasteiger partial charge on any atom is -0.494 e. The summed E-state index contributed by atoms with van der Waals surface area (Å²) in [7, 11) is 0. The van der Waals surface area contributed by atoms with Crippen LogP contribution >= 0.6 is 11.8 Å². The van der Waals surface area contributed by atoms with Gasteiger partial charge in [0.25, 0.3) is 0 Å². The Morgan fingerprint density at radius 3 is 2.71 bits per heavy atom. The molecule has 1 aromatic heterocycles. The number of rotatable bonds is 8. The average molecular weight is 307 g/mol. The third-order valence-electron chi connectivity index (χ3n) is 2.82. The molecule has 0 spiro atoms. The van der Waals surface area contributed by atoms with Gasteiger partial charge in [0.1, 0.15) is 5.75 Å². The molecule has 2 N–H and O–H groups in total. The Morgan fingerprint density at radius 1 is 1.24 bits per heavy atom. The molecule has 114 valence electrons. The van der Waals surface area contributed by atoms with E-state index in [-0.39, 0.29) is 0 Å². The summed E-state index contributed by atoms with van der Waals surface area (Å²) < 4.78 is 7.50. The van der Waals surface area contributed by atoms with E-state index < -0.39 is 0 Å². The van der Waals surface area contributed by atoms with Crippen molar-refractivity contribution in [3.8, 4) is 5.75 Å². The second-order valence-corrected chi connectivity index (χ2v) is 5.91. The van der Waals surface area contributed by atoms with E-state index in [2.05, 4.69) is 47.6 Å². The number of aryl methyl sites for hydroxylation is 2. The zero-order valence-corrected chi connectivity index (χ0v) is 13.3. The van der Waals surface area contributed by atoms with Gasteiger partial charge in [-0.3, -0.25) is 0 Å². The highest BCUT2D eigenvalue weighted by atomic mass is 32.2. The maximum Gasteiger partial charge on any atom is 0.209 e. The van der Waals surface area contributed by atoms with Crippen molar-refractivity contribution in [2.24, 2.45) is 5.73 Å². The highest BCUT2D eigenvalue weighted by Crippen LogP contribution is 2.18. The van der Waals surface area contributed by atoms with Crippen LogP contribution in [0, 0.1) is 13.8 Å². The lowest BCUT2D eigenvalue weighted by atomic mass is 10.1. The first-order valence-electron chi connectivity index (χ1n) is 6.99. The molecule has 0 unspecified atom stereocenters. The van der Waals surface area contributed by atoms with Gasteiger partial charge in [0.15, 0.2) is 0 Å². The van der Waals surface area contributed by atoms with Crippen molar-refractivity contribution < 1.29 is 4.74 Å². The standard InChI is InChI=1S/C14H21N5OS/c1-11-8-12(2)10-13(9-11)20-6-3-7-21-14-16-17-18-19(14)5-4-15/h8-10H,3-7,15H2,1-2H3. The lowest BCUT2D eigenvalue weighted by Crippen LogP contribution is -2.12. The fourth-order valence-corrected chi connectivity index (χ4v) is 2.81. The van der Waals surface area contributed by atoms with Crippen LogP contribution in [0.2, 0.25) is 0 Å². The first kappa shape index (κ1) is 15.8. The number of benzene rings is 1. The van der Waals surface area contributed by atoms with Crippen LogP contribution in [0.15, 0.2) is 23.4 Å². The van der Waals surface area contributed by atoms with E-state index in [4.69, 9.17) is 10.5 Å². The maximum atomic E-state index is 5.77. The lowest BCUT2D eigenvalue weighted by molar-refractivity contribution is 0.318. The molecule has 2 aromatic rings. The number of nitrogens with zero attached hydrogens (tertiary/aromatic N) is 4. The molecule has 0 radical (unpaired) electrons. The van der Waals surface area contributed by atoms with Crippen molar-refractivity contribution >= 4 is 11.8 Å². The second-order valence-electron chi connectivity index (χ2n) is 4.85. The molecule has 0 amide bonds. The Balaban J connectivity index is 1.71. The van der Waals surface area contributed by atoms with E-state index >= 15 is 0 Å². The van der Waals surface area contributed by atoms with Crippen LogP contribution in [0.4, 0.5) is 0 Å². The predicted octanol–water partition coefficient (Wildman–Crippen LogP) is 1.81. The summed E-state index contributed by atoms with van der Waals surface area (Å²) in [6.07, 6.45) is 0.938. The van der Waals surface area contributed by atoms with E-state index in [0.29, 0.717) is 19.7 Å². The third-order valence-corrected chi connectivity index (χ3v) is 3.87. The van der Waals surface area contributed by atoms with Crippen molar-refractivity contribution in [2.45, 2.75) is 32.0 Å². The molecule has 1 heterocycles. The van der Waals surface area contributed by atoms with Gasteiger partial charge in [-0.25, -0.2) is 4.68 Å². The molecule has 1 aromatic carbocycles. The highest BCUT2D eigenvalue weighted by Gasteiger charge is 2.05. The molecule has 0 bridgehead atoms. The van der Waals surface area contributed by atoms with Crippen LogP contribution in [0.25, 0.3) is 0 Å². The first-order valence-corrected chi connectivity index (χ1v) is 7.97. The summed E-state index contributed by atoms with van der Waals surface area (Å²) in [6.45, 7) is 6.02. The molecule has 2 rings (SSSR count). The second kappa shape index (κ2) is 7.99. The SMILES string of the molecule is Cc1cc(C)cc(OCCCSc2nnnn2CCN)c1. The highest BCUT2D eigenvalue weighted by molar-refractivity contribution is 7.99. The minimum atomic E-state index is 0.536. The Labute approximate surface area is 129 Å². The van der Waals surface area contributed by atoms with Crippen molar-refractivity contribution in [1.82, 2.24) is 20.2 Å². The molecule has 0 aliphatic heterocycles. The van der Waals surface area contributed by atoms with Gasteiger partial charge < -0.3 is 10.5 Å². The fourth-order valence-electron chi connectivity index (χ4n) is 1.99. The largest absolute Gasteiger partial charge is 0.494 e. The van der Waals surface area contributed by atoms with Crippen molar-refractivity contribution in [3.05, 3.63) is 29.3 Å². The van der Waals surface area contributed by atoms with Crippen LogP contribution in [-0.2, 0) is 6.54 Å². The zero-order chi connectivity index (χ0) is 15.1. The first-order chi connectivity index (χ1) is 10.2. The van der Waals surface area contributed by atoms with Gasteiger partial charge >= 0.3 is 0 Å². The number of aromatic nitrogens is 4. The predicted molar refractivity (Wildman–Crippen MR) is 83.6 cm³/mol. The summed E-state index contributed by atoms with van der Waals surface area (Å²) in [4.78, 5) is 0. The van der Waals surface area contributed by atoms with Gasteiger partial charge in [-0.2, -0.15) is 0 Å². The molecule has 0 fully saturated rings. The summed E-state index contributed by atoms with van der Waals surface area (Å²) >= 11 is 1.63. The monoisotopic (exact) mass is 307 g/mol. The zero-order valence-electron chi connectivity index (χ0n) is 12.5. The molecule has 0 saturated carbocycles. The summed E-state index contributed by atoms with van der Waals surface area (Å²) in [6, 6.07) is 6.25. The molecular weight excluding hydrogens is 286 g/mol. The van der Waals surface area contributed by atoms with Crippen LogP contribution in [0.5, 0.6) is 5.75 Å². The topological polar surface area (TPSA) is 78.9 Å². The number of hydrogen-bond acceptors (Lipinski definition) is 6. The van der Waals surface area contributed by atoms with E-state index in [1.54, 1.807) is 16.4 Å². The van der Waals surface area contributed by atoms with E-state index in [9.17, 15) is 0 Å². The van der Waals surface area contributed by atoms with Gasteiger partial charge in [-0.15, -0.1) is 5.10 Å². The Hall–Kier alpha value is -1.60. The maximum absolute atomic E-state index is 5.77. The summed E-state index contributed by atoms with van der Waals surface area (Å²) in [5, 5.41) is 12.4. The Bertz CT molecular complexity index is 552. The Morgan fingerprint density at radius 2 is 2.00 bits per heavy atom. The molecule has 0 saturated heterocycles. The van der Waals surface area contributed by atoms with Gasteiger partial charge in [0, 0.05) is 12.3 Å². The Kier molecular flexibility index (Phi) is 6.01. The minimum absolute atomic E-state index is 0.536. The number of tetrazole rings is 1. The summed E-state index contributed by atoms with van der Waals surface area (Å²) in [5.41, 5.74) is 7.95. The van der Waals surface area contributed by atoms with Crippen molar-refractivity contribution in [2.75, 3.05) is 18.9 Å². The van der Waals surface area contributed by atoms with Gasteiger partial charge in [0.05, 0.1) is 13.2 Å². The number of nitrogens with two attached hydrogens (primary N) is 1. The molecule has 0 atom stereocenters. The van der Waals surface area contributed by atoms with Gasteiger partial charge in [-0.1, -0.05) is 17.8 Å². The number of ether oxygens (including phenoxy) is 1. The summed E-state index contributed by atoms with van der Waals surface area (Å²) in [5.74, 6) is 1.85. The van der Waals surface area contributed by atoms with Crippen LogP contribution in [-0.4, -0.2) is 39.1 Å². The molecule has 7 heteroatoms. The number of thioether (sulfide) groups is 1. The van der Waals surface area contributed by atoms with Gasteiger partial charge in [-0.05, 0) is 54.0 Å². The van der Waals surface area contributed by atoms with E-state index in [1.165, 1.54) is 11.1 Å².